The lowest BCUT2D eigenvalue weighted by atomic mass is 10.1. The van der Waals surface area contributed by atoms with Crippen molar-refractivity contribution < 1.29 is 0 Å². The standard InChI is InChI=1S/C14H20ClN3S.HI/c15-13-5-3-12(4-6-13)2-1-7-17-14(16)18-8-10-19-11-9-18;/h3-6H,1-2,7-11H2,(H2,16,17);1H. The molecule has 2 N–H and O–H groups in total. The molecule has 1 aromatic rings. The van der Waals surface area contributed by atoms with Gasteiger partial charge >= 0.3 is 0 Å². The SMILES string of the molecule is I.NC(=NCCCc1ccc(Cl)cc1)N1CCSCC1. The van der Waals surface area contributed by atoms with Crippen LogP contribution in [0.25, 0.3) is 0 Å². The molecule has 1 saturated heterocycles. The normalized spacial score (nSPS) is 15.8. The average molecular weight is 426 g/mol. The zero-order valence-electron chi connectivity index (χ0n) is 11.4. The van der Waals surface area contributed by atoms with E-state index in [9.17, 15) is 0 Å². The van der Waals surface area contributed by atoms with Crippen LogP contribution in [0.1, 0.15) is 12.0 Å². The first-order chi connectivity index (χ1) is 9.25. The van der Waals surface area contributed by atoms with Crippen LogP contribution in [0.3, 0.4) is 0 Å². The monoisotopic (exact) mass is 425 g/mol. The highest BCUT2D eigenvalue weighted by atomic mass is 127. The summed E-state index contributed by atoms with van der Waals surface area (Å²) in [4.78, 5) is 6.64. The van der Waals surface area contributed by atoms with Crippen molar-refractivity contribution in [2.75, 3.05) is 31.1 Å². The largest absolute Gasteiger partial charge is 0.370 e. The zero-order valence-corrected chi connectivity index (χ0v) is 15.3. The minimum Gasteiger partial charge on any atom is -0.370 e. The fraction of sp³-hybridized carbons (Fsp3) is 0.500. The van der Waals surface area contributed by atoms with Crippen molar-refractivity contribution in [3.8, 4) is 0 Å². The van der Waals surface area contributed by atoms with Crippen molar-refractivity contribution in [2.24, 2.45) is 10.7 Å². The lowest BCUT2D eigenvalue weighted by Crippen LogP contribution is -2.42. The maximum atomic E-state index is 6.00. The molecule has 0 spiro atoms. The number of rotatable bonds is 4. The molecule has 112 valence electrons. The Balaban J connectivity index is 0.00000200. The second-order valence-electron chi connectivity index (χ2n) is 4.57. The summed E-state index contributed by atoms with van der Waals surface area (Å²) in [5.74, 6) is 3.01. The molecule has 0 saturated carbocycles. The summed E-state index contributed by atoms with van der Waals surface area (Å²) in [6.07, 6.45) is 2.04. The minimum atomic E-state index is 0. The van der Waals surface area contributed by atoms with Crippen molar-refractivity contribution in [3.05, 3.63) is 34.9 Å². The van der Waals surface area contributed by atoms with Crippen LogP contribution in [0, 0.1) is 0 Å². The molecule has 0 aromatic heterocycles. The summed E-state index contributed by atoms with van der Waals surface area (Å²) in [6, 6.07) is 7.99. The third kappa shape index (κ3) is 6.10. The van der Waals surface area contributed by atoms with Crippen LogP contribution in [-0.2, 0) is 6.42 Å². The number of halogens is 2. The van der Waals surface area contributed by atoms with E-state index in [0.717, 1.165) is 49.0 Å². The van der Waals surface area contributed by atoms with Crippen LogP contribution in [0.15, 0.2) is 29.3 Å². The van der Waals surface area contributed by atoms with Gasteiger partial charge in [0.25, 0.3) is 0 Å². The maximum absolute atomic E-state index is 6.00. The topological polar surface area (TPSA) is 41.6 Å². The first-order valence-electron chi connectivity index (χ1n) is 6.63. The van der Waals surface area contributed by atoms with Gasteiger partial charge in [-0.3, -0.25) is 4.99 Å². The number of thioether (sulfide) groups is 1. The summed E-state index contributed by atoms with van der Waals surface area (Å²) in [6.45, 7) is 2.84. The second kappa shape index (κ2) is 9.73. The Kier molecular flexibility index (Phi) is 8.72. The minimum absolute atomic E-state index is 0. The van der Waals surface area contributed by atoms with Gasteiger partial charge in [-0.1, -0.05) is 23.7 Å². The first-order valence-corrected chi connectivity index (χ1v) is 8.16. The molecule has 20 heavy (non-hydrogen) atoms. The molecule has 0 radical (unpaired) electrons. The Morgan fingerprint density at radius 3 is 2.55 bits per heavy atom. The van der Waals surface area contributed by atoms with Gasteiger partial charge in [0.05, 0.1) is 0 Å². The highest BCUT2D eigenvalue weighted by Crippen LogP contribution is 2.11. The number of aryl methyl sites for hydroxylation is 1. The predicted octanol–water partition coefficient (Wildman–Crippen LogP) is 3.25. The highest BCUT2D eigenvalue weighted by Gasteiger charge is 2.11. The quantitative estimate of drug-likeness (QED) is 0.348. The van der Waals surface area contributed by atoms with Gasteiger partial charge in [-0.25, -0.2) is 0 Å². The van der Waals surface area contributed by atoms with E-state index in [1.165, 1.54) is 5.56 Å². The van der Waals surface area contributed by atoms with E-state index in [4.69, 9.17) is 17.3 Å². The summed E-state index contributed by atoms with van der Waals surface area (Å²) < 4.78 is 0. The Hall–Kier alpha value is -0.140. The van der Waals surface area contributed by atoms with E-state index in [1.807, 2.05) is 23.9 Å². The number of nitrogens with two attached hydrogens (primary N) is 1. The van der Waals surface area contributed by atoms with Gasteiger partial charge in [0, 0.05) is 36.2 Å². The van der Waals surface area contributed by atoms with Gasteiger partial charge in [0.1, 0.15) is 0 Å². The van der Waals surface area contributed by atoms with Gasteiger partial charge in [0.15, 0.2) is 5.96 Å². The summed E-state index contributed by atoms with van der Waals surface area (Å²) >= 11 is 7.83. The van der Waals surface area contributed by atoms with Gasteiger partial charge in [-0.05, 0) is 30.5 Å². The molecule has 0 amide bonds. The molecule has 0 unspecified atom stereocenters. The van der Waals surface area contributed by atoms with E-state index >= 15 is 0 Å². The molecular formula is C14H21ClIN3S. The van der Waals surface area contributed by atoms with E-state index in [0.29, 0.717) is 5.96 Å². The van der Waals surface area contributed by atoms with Crippen LogP contribution in [0.5, 0.6) is 0 Å². The fourth-order valence-electron chi connectivity index (χ4n) is 2.02. The third-order valence-corrected chi connectivity index (χ3v) is 4.34. The molecule has 0 bridgehead atoms. The van der Waals surface area contributed by atoms with Gasteiger partial charge < -0.3 is 10.6 Å². The average Bonchev–Trinajstić information content (AvgIpc) is 2.46. The molecule has 1 aliphatic rings. The molecule has 1 aromatic carbocycles. The highest BCUT2D eigenvalue weighted by molar-refractivity contribution is 14.0. The lowest BCUT2D eigenvalue weighted by molar-refractivity contribution is 0.455. The van der Waals surface area contributed by atoms with Gasteiger partial charge in [-0.2, -0.15) is 11.8 Å². The lowest BCUT2D eigenvalue weighted by Gasteiger charge is -2.27. The Bertz CT molecular complexity index is 419. The Morgan fingerprint density at radius 2 is 1.90 bits per heavy atom. The molecule has 0 aliphatic carbocycles. The molecule has 1 fully saturated rings. The van der Waals surface area contributed by atoms with Gasteiger partial charge in [0.2, 0.25) is 0 Å². The summed E-state index contributed by atoms with van der Waals surface area (Å²) in [5, 5.41) is 0.786. The number of nitrogens with zero attached hydrogens (tertiary/aromatic N) is 2. The molecule has 0 atom stereocenters. The van der Waals surface area contributed by atoms with Crippen LogP contribution in [-0.4, -0.2) is 42.0 Å². The molecular weight excluding hydrogens is 405 g/mol. The molecule has 1 heterocycles. The van der Waals surface area contributed by atoms with Crippen molar-refractivity contribution in [2.45, 2.75) is 12.8 Å². The zero-order chi connectivity index (χ0) is 13.5. The van der Waals surface area contributed by atoms with Crippen molar-refractivity contribution in [1.29, 1.82) is 0 Å². The maximum Gasteiger partial charge on any atom is 0.191 e. The third-order valence-electron chi connectivity index (χ3n) is 3.15. The first kappa shape index (κ1) is 17.9. The number of hydrogen-bond donors (Lipinski definition) is 1. The van der Waals surface area contributed by atoms with Crippen LogP contribution in [0.2, 0.25) is 5.02 Å². The molecule has 1 aliphatic heterocycles. The van der Waals surface area contributed by atoms with Crippen molar-refractivity contribution in [1.82, 2.24) is 4.90 Å². The molecule has 3 nitrogen and oxygen atoms in total. The van der Waals surface area contributed by atoms with E-state index in [-0.39, 0.29) is 24.0 Å². The van der Waals surface area contributed by atoms with Crippen LogP contribution >= 0.6 is 47.3 Å². The molecule has 2 rings (SSSR count). The van der Waals surface area contributed by atoms with Crippen LogP contribution in [0.4, 0.5) is 0 Å². The van der Waals surface area contributed by atoms with Crippen molar-refractivity contribution in [3.63, 3.8) is 0 Å². The number of benzene rings is 1. The van der Waals surface area contributed by atoms with Gasteiger partial charge in [-0.15, -0.1) is 24.0 Å². The summed E-state index contributed by atoms with van der Waals surface area (Å²) in [7, 11) is 0. The second-order valence-corrected chi connectivity index (χ2v) is 6.23. The Morgan fingerprint density at radius 1 is 1.25 bits per heavy atom. The smallest absolute Gasteiger partial charge is 0.191 e. The number of aliphatic imine (C=N–C) groups is 1. The van der Waals surface area contributed by atoms with Crippen LogP contribution < -0.4 is 5.73 Å². The fourth-order valence-corrected chi connectivity index (χ4v) is 3.05. The number of guanidine groups is 1. The van der Waals surface area contributed by atoms with E-state index < -0.39 is 0 Å². The summed E-state index contributed by atoms with van der Waals surface area (Å²) in [5.41, 5.74) is 7.30. The van der Waals surface area contributed by atoms with E-state index in [2.05, 4.69) is 22.0 Å². The number of hydrogen-bond acceptors (Lipinski definition) is 2. The predicted molar refractivity (Wildman–Crippen MR) is 101 cm³/mol. The van der Waals surface area contributed by atoms with Crippen molar-refractivity contribution >= 4 is 53.3 Å². The Labute approximate surface area is 147 Å². The molecule has 6 heteroatoms. The van der Waals surface area contributed by atoms with E-state index in [1.54, 1.807) is 0 Å².